The van der Waals surface area contributed by atoms with Crippen molar-refractivity contribution in [1.29, 1.82) is 0 Å². The lowest BCUT2D eigenvalue weighted by Crippen LogP contribution is -2.36. The number of nitrogens with one attached hydrogen (secondary N) is 2. The number of nitrogens with zero attached hydrogens (tertiary/aromatic N) is 1. The monoisotopic (exact) mass is 273 g/mol. The summed E-state index contributed by atoms with van der Waals surface area (Å²) in [5, 5.41) is 2.96. The average Bonchev–Trinajstić information content (AvgIpc) is 3.04. The first-order valence-corrected chi connectivity index (χ1v) is 7.04. The Balaban J connectivity index is 1.69. The molecule has 1 amide bonds. The number of rotatable bonds is 3. The van der Waals surface area contributed by atoms with Gasteiger partial charge in [-0.25, -0.2) is 4.98 Å². The maximum Gasteiger partial charge on any atom is 0.249 e. The molecule has 2 N–H and O–H groups in total. The first kappa shape index (κ1) is 13.1. The van der Waals surface area contributed by atoms with Gasteiger partial charge < -0.3 is 15.0 Å². The van der Waals surface area contributed by atoms with Crippen LogP contribution in [0.5, 0.6) is 0 Å². The molecule has 1 aromatic heterocycles. The Morgan fingerprint density at radius 3 is 2.95 bits per heavy atom. The van der Waals surface area contributed by atoms with Crippen molar-refractivity contribution in [3.8, 4) is 0 Å². The van der Waals surface area contributed by atoms with Crippen molar-refractivity contribution in [2.45, 2.75) is 44.9 Å². The minimum atomic E-state index is -0.322. The Labute approximate surface area is 117 Å². The highest BCUT2D eigenvalue weighted by molar-refractivity contribution is 5.81. The zero-order chi connectivity index (χ0) is 14.1. The number of carbonyl (C=O) groups is 1. The number of benzene rings is 1. The van der Waals surface area contributed by atoms with Gasteiger partial charge in [-0.3, -0.25) is 4.79 Å². The van der Waals surface area contributed by atoms with Crippen LogP contribution in [0.1, 0.15) is 38.6 Å². The van der Waals surface area contributed by atoms with Crippen molar-refractivity contribution in [2.75, 3.05) is 0 Å². The van der Waals surface area contributed by atoms with Crippen molar-refractivity contribution in [1.82, 2.24) is 15.3 Å². The van der Waals surface area contributed by atoms with Gasteiger partial charge in [0.25, 0.3) is 0 Å². The molecule has 0 aliphatic carbocycles. The van der Waals surface area contributed by atoms with Crippen molar-refractivity contribution >= 4 is 16.9 Å². The number of amides is 1. The fourth-order valence-corrected chi connectivity index (χ4v) is 2.55. The predicted molar refractivity (Wildman–Crippen MR) is 76.2 cm³/mol. The van der Waals surface area contributed by atoms with Crippen LogP contribution in [0.4, 0.5) is 0 Å². The van der Waals surface area contributed by atoms with Crippen LogP contribution >= 0.6 is 0 Å². The lowest BCUT2D eigenvalue weighted by Gasteiger charge is -2.15. The Morgan fingerprint density at radius 2 is 2.25 bits per heavy atom. The maximum atomic E-state index is 12.1. The van der Waals surface area contributed by atoms with E-state index in [0.717, 1.165) is 29.7 Å². The molecule has 0 radical (unpaired) electrons. The molecule has 1 fully saturated rings. The lowest BCUT2D eigenvalue weighted by atomic mass is 10.2. The second-order valence-corrected chi connectivity index (χ2v) is 5.38. The lowest BCUT2D eigenvalue weighted by molar-refractivity contribution is -0.132. The highest BCUT2D eigenvalue weighted by Crippen LogP contribution is 2.21. The van der Waals surface area contributed by atoms with Crippen LogP contribution in [0.15, 0.2) is 24.3 Å². The van der Waals surface area contributed by atoms with Gasteiger partial charge in [0.1, 0.15) is 11.9 Å². The summed E-state index contributed by atoms with van der Waals surface area (Å²) in [5.41, 5.74) is 1.89. The molecule has 3 atom stereocenters. The highest BCUT2D eigenvalue weighted by Gasteiger charge is 2.29. The molecule has 0 spiro atoms. The minimum absolute atomic E-state index is 0.0534. The molecular formula is C15H19N3O2. The second kappa shape index (κ2) is 5.25. The normalized spacial score (nSPS) is 23.9. The number of fused-ring (bicyclic) bond motifs is 1. The summed E-state index contributed by atoms with van der Waals surface area (Å²) in [6, 6.07) is 7.67. The molecule has 2 aromatic rings. The fraction of sp³-hybridized carbons (Fsp3) is 0.467. The van der Waals surface area contributed by atoms with Crippen LogP contribution in [0.25, 0.3) is 11.0 Å². The Hall–Kier alpha value is -1.88. The van der Waals surface area contributed by atoms with Gasteiger partial charge in [0.15, 0.2) is 0 Å². The van der Waals surface area contributed by atoms with Gasteiger partial charge >= 0.3 is 0 Å². The summed E-state index contributed by atoms with van der Waals surface area (Å²) >= 11 is 0. The van der Waals surface area contributed by atoms with Crippen LogP contribution in [-0.4, -0.2) is 28.1 Å². The van der Waals surface area contributed by atoms with Gasteiger partial charge in [-0.1, -0.05) is 12.1 Å². The van der Waals surface area contributed by atoms with E-state index in [1.54, 1.807) is 0 Å². The van der Waals surface area contributed by atoms with Crippen LogP contribution < -0.4 is 5.32 Å². The van der Waals surface area contributed by atoms with E-state index >= 15 is 0 Å². The molecular weight excluding hydrogens is 254 g/mol. The summed E-state index contributed by atoms with van der Waals surface area (Å²) < 4.78 is 5.58. The fourth-order valence-electron chi connectivity index (χ4n) is 2.55. The van der Waals surface area contributed by atoms with Crippen LogP contribution in [0, 0.1) is 0 Å². The summed E-state index contributed by atoms with van der Waals surface area (Å²) in [6.45, 7) is 3.92. The van der Waals surface area contributed by atoms with E-state index in [9.17, 15) is 4.79 Å². The van der Waals surface area contributed by atoms with Crippen molar-refractivity contribution in [2.24, 2.45) is 0 Å². The molecule has 5 heteroatoms. The number of hydrogen-bond acceptors (Lipinski definition) is 3. The van der Waals surface area contributed by atoms with Gasteiger partial charge in [0.05, 0.1) is 23.2 Å². The van der Waals surface area contributed by atoms with E-state index in [2.05, 4.69) is 15.3 Å². The van der Waals surface area contributed by atoms with E-state index in [-0.39, 0.29) is 24.2 Å². The van der Waals surface area contributed by atoms with E-state index < -0.39 is 0 Å². The van der Waals surface area contributed by atoms with Gasteiger partial charge in [0.2, 0.25) is 5.91 Å². The second-order valence-electron chi connectivity index (χ2n) is 5.38. The summed E-state index contributed by atoms with van der Waals surface area (Å²) in [5.74, 6) is 0.716. The highest BCUT2D eigenvalue weighted by atomic mass is 16.5. The molecule has 106 valence electrons. The zero-order valence-corrected chi connectivity index (χ0v) is 11.7. The first-order valence-electron chi connectivity index (χ1n) is 7.04. The SMILES string of the molecule is CC1CCC(C(=O)NC(C)c2nc3ccccc3[nH]2)O1. The number of H-pyrrole nitrogens is 1. The molecule has 3 rings (SSSR count). The number of aromatic amines is 1. The Kier molecular flexibility index (Phi) is 3.44. The third-order valence-electron chi connectivity index (χ3n) is 3.70. The zero-order valence-electron chi connectivity index (χ0n) is 11.7. The van der Waals surface area contributed by atoms with Crippen LogP contribution in [0.3, 0.4) is 0 Å². The number of aromatic nitrogens is 2. The molecule has 1 aliphatic rings. The molecule has 1 aromatic carbocycles. The largest absolute Gasteiger partial charge is 0.365 e. The average molecular weight is 273 g/mol. The molecule has 3 unspecified atom stereocenters. The number of ether oxygens (including phenoxy) is 1. The van der Waals surface area contributed by atoms with Crippen molar-refractivity contribution in [3.63, 3.8) is 0 Å². The van der Waals surface area contributed by atoms with Gasteiger partial charge in [-0.05, 0) is 38.8 Å². The number of carbonyl (C=O) groups excluding carboxylic acids is 1. The number of para-hydroxylation sites is 2. The Bertz CT molecular complexity index is 589. The quantitative estimate of drug-likeness (QED) is 0.901. The molecule has 1 saturated heterocycles. The van der Waals surface area contributed by atoms with E-state index in [1.807, 2.05) is 38.1 Å². The van der Waals surface area contributed by atoms with Crippen LogP contribution in [0.2, 0.25) is 0 Å². The van der Waals surface area contributed by atoms with Crippen molar-refractivity contribution < 1.29 is 9.53 Å². The number of hydrogen-bond donors (Lipinski definition) is 2. The predicted octanol–water partition coefficient (Wildman–Crippen LogP) is 2.31. The van der Waals surface area contributed by atoms with E-state index in [1.165, 1.54) is 0 Å². The van der Waals surface area contributed by atoms with E-state index in [0.29, 0.717) is 0 Å². The molecule has 1 aliphatic heterocycles. The van der Waals surface area contributed by atoms with Gasteiger partial charge in [0, 0.05) is 0 Å². The molecule has 0 bridgehead atoms. The third kappa shape index (κ3) is 2.54. The standard InChI is InChI=1S/C15H19N3O2/c1-9-7-8-13(20-9)15(19)16-10(2)14-17-11-5-3-4-6-12(11)18-14/h3-6,9-10,13H,7-8H2,1-2H3,(H,16,19)(H,17,18). The molecule has 0 saturated carbocycles. The first-order chi connectivity index (χ1) is 9.63. The maximum absolute atomic E-state index is 12.1. The Morgan fingerprint density at radius 1 is 1.45 bits per heavy atom. The molecule has 20 heavy (non-hydrogen) atoms. The van der Waals surface area contributed by atoms with Gasteiger partial charge in [-0.2, -0.15) is 0 Å². The van der Waals surface area contributed by atoms with Crippen LogP contribution in [-0.2, 0) is 9.53 Å². The van der Waals surface area contributed by atoms with Crippen molar-refractivity contribution in [3.05, 3.63) is 30.1 Å². The van der Waals surface area contributed by atoms with Gasteiger partial charge in [-0.15, -0.1) is 0 Å². The summed E-state index contributed by atoms with van der Waals surface area (Å²) in [7, 11) is 0. The topological polar surface area (TPSA) is 67.0 Å². The summed E-state index contributed by atoms with van der Waals surface area (Å²) in [4.78, 5) is 19.8. The summed E-state index contributed by atoms with van der Waals surface area (Å²) in [6.07, 6.45) is 1.58. The minimum Gasteiger partial charge on any atom is -0.365 e. The smallest absolute Gasteiger partial charge is 0.249 e. The molecule has 2 heterocycles. The third-order valence-corrected chi connectivity index (χ3v) is 3.70. The van der Waals surface area contributed by atoms with E-state index in [4.69, 9.17) is 4.74 Å². The number of imidazole rings is 1. The molecule has 5 nitrogen and oxygen atoms in total.